The summed E-state index contributed by atoms with van der Waals surface area (Å²) in [6.45, 7) is 2.66. The minimum atomic E-state index is 0.168. The molecule has 3 aromatic rings. The molecular weight excluding hydrogens is 330 g/mol. The molecule has 0 bridgehead atoms. The van der Waals surface area contributed by atoms with E-state index < -0.39 is 0 Å². The number of rotatable bonds is 5. The van der Waals surface area contributed by atoms with Gasteiger partial charge in [0.25, 0.3) is 0 Å². The molecule has 0 saturated carbocycles. The van der Waals surface area contributed by atoms with Gasteiger partial charge in [0.15, 0.2) is 11.5 Å². The Kier molecular flexibility index (Phi) is 4.25. The lowest BCUT2D eigenvalue weighted by molar-refractivity contribution is 0.340. The second-order valence-electron chi connectivity index (χ2n) is 4.75. The van der Waals surface area contributed by atoms with Gasteiger partial charge in [-0.25, -0.2) is 4.98 Å². The Labute approximate surface area is 132 Å². The van der Waals surface area contributed by atoms with Crippen LogP contribution in [0, 0.1) is 0 Å². The van der Waals surface area contributed by atoms with Crippen LogP contribution in [0.2, 0.25) is 0 Å². The average Bonchev–Trinajstić information content (AvgIpc) is 2.90. The Morgan fingerprint density at radius 2 is 1.90 bits per heavy atom. The number of ether oxygens (including phenoxy) is 1. The predicted molar refractivity (Wildman–Crippen MR) is 87.0 cm³/mol. The minimum Gasteiger partial charge on any atom is -0.494 e. The van der Waals surface area contributed by atoms with E-state index in [1.54, 1.807) is 0 Å². The number of alkyl halides is 1. The quantitative estimate of drug-likeness (QED) is 0.616. The zero-order valence-corrected chi connectivity index (χ0v) is 13.3. The molecule has 0 amide bonds. The summed E-state index contributed by atoms with van der Waals surface area (Å²) in [5.41, 5.74) is 2.92. The van der Waals surface area contributed by atoms with Crippen LogP contribution in [-0.2, 0) is 6.42 Å². The van der Waals surface area contributed by atoms with E-state index in [1.165, 1.54) is 5.56 Å². The molecule has 0 aliphatic carbocycles. The highest BCUT2D eigenvalue weighted by Gasteiger charge is 2.13. The molecule has 21 heavy (non-hydrogen) atoms. The second-order valence-corrected chi connectivity index (χ2v) is 5.85. The molecule has 2 aromatic carbocycles. The minimum absolute atomic E-state index is 0.168. The lowest BCUT2D eigenvalue weighted by atomic mass is 10.1. The summed E-state index contributed by atoms with van der Waals surface area (Å²) in [4.78, 5) is 4.67. The van der Waals surface area contributed by atoms with Gasteiger partial charge in [-0.1, -0.05) is 40.2 Å². The normalized spacial score (nSPS) is 12.5. The standard InChI is InChI=1S/C17H16BrNO2/c1-2-20-13-9-7-12(8-10-13)14(18)11-17-19-15-5-3-4-6-16(15)21-17/h3-10,14H,2,11H2,1H3. The molecule has 1 heterocycles. The molecule has 4 heteroatoms. The third-order valence-electron chi connectivity index (χ3n) is 3.24. The number of benzene rings is 2. The van der Waals surface area contributed by atoms with E-state index in [0.717, 1.165) is 22.7 Å². The summed E-state index contributed by atoms with van der Waals surface area (Å²) < 4.78 is 11.2. The van der Waals surface area contributed by atoms with Crippen LogP contribution in [0.4, 0.5) is 0 Å². The van der Waals surface area contributed by atoms with Crippen molar-refractivity contribution in [3.05, 3.63) is 60.0 Å². The number of aromatic nitrogens is 1. The smallest absolute Gasteiger partial charge is 0.196 e. The Hall–Kier alpha value is -1.81. The number of para-hydroxylation sites is 2. The van der Waals surface area contributed by atoms with E-state index in [0.29, 0.717) is 13.0 Å². The third-order valence-corrected chi connectivity index (χ3v) is 4.10. The van der Waals surface area contributed by atoms with E-state index in [4.69, 9.17) is 9.15 Å². The van der Waals surface area contributed by atoms with Crippen molar-refractivity contribution in [2.45, 2.75) is 18.2 Å². The molecule has 0 saturated heterocycles. The van der Waals surface area contributed by atoms with Gasteiger partial charge in [-0.05, 0) is 36.8 Å². The Morgan fingerprint density at radius 3 is 2.62 bits per heavy atom. The highest BCUT2D eigenvalue weighted by atomic mass is 79.9. The van der Waals surface area contributed by atoms with Crippen molar-refractivity contribution < 1.29 is 9.15 Å². The van der Waals surface area contributed by atoms with Crippen molar-refractivity contribution in [2.24, 2.45) is 0 Å². The number of oxazole rings is 1. The van der Waals surface area contributed by atoms with Crippen LogP contribution in [0.3, 0.4) is 0 Å². The second kappa shape index (κ2) is 6.31. The monoisotopic (exact) mass is 345 g/mol. The fourth-order valence-corrected chi connectivity index (χ4v) is 2.80. The van der Waals surface area contributed by atoms with Crippen molar-refractivity contribution in [3.8, 4) is 5.75 Å². The molecule has 1 unspecified atom stereocenters. The van der Waals surface area contributed by atoms with E-state index in [9.17, 15) is 0 Å². The highest BCUT2D eigenvalue weighted by Crippen LogP contribution is 2.29. The molecule has 3 rings (SSSR count). The summed E-state index contributed by atoms with van der Waals surface area (Å²) in [7, 11) is 0. The number of hydrogen-bond acceptors (Lipinski definition) is 3. The van der Waals surface area contributed by atoms with E-state index in [1.807, 2.05) is 43.3 Å². The van der Waals surface area contributed by atoms with Crippen molar-refractivity contribution in [1.82, 2.24) is 4.98 Å². The van der Waals surface area contributed by atoms with Gasteiger partial charge in [0.05, 0.1) is 6.61 Å². The van der Waals surface area contributed by atoms with Crippen molar-refractivity contribution in [1.29, 1.82) is 0 Å². The molecule has 108 valence electrons. The van der Waals surface area contributed by atoms with Crippen LogP contribution in [0.5, 0.6) is 5.75 Å². The van der Waals surface area contributed by atoms with Crippen LogP contribution >= 0.6 is 15.9 Å². The lowest BCUT2D eigenvalue weighted by Gasteiger charge is -2.09. The number of fused-ring (bicyclic) bond motifs is 1. The summed E-state index contributed by atoms with van der Waals surface area (Å²) in [5.74, 6) is 1.63. The van der Waals surface area contributed by atoms with Gasteiger partial charge in [-0.15, -0.1) is 0 Å². The molecule has 0 aliphatic rings. The summed E-state index contributed by atoms with van der Waals surface area (Å²) in [6.07, 6.45) is 0.711. The van der Waals surface area contributed by atoms with Crippen molar-refractivity contribution in [3.63, 3.8) is 0 Å². The zero-order valence-electron chi connectivity index (χ0n) is 11.8. The first kappa shape index (κ1) is 14.1. The first-order valence-electron chi connectivity index (χ1n) is 6.97. The highest BCUT2D eigenvalue weighted by molar-refractivity contribution is 9.09. The van der Waals surface area contributed by atoms with Gasteiger partial charge < -0.3 is 9.15 Å². The summed E-state index contributed by atoms with van der Waals surface area (Å²) in [5, 5.41) is 0. The molecule has 0 radical (unpaired) electrons. The van der Waals surface area contributed by atoms with Crippen LogP contribution in [0.1, 0.15) is 23.2 Å². The third kappa shape index (κ3) is 3.27. The van der Waals surface area contributed by atoms with E-state index in [-0.39, 0.29) is 4.83 Å². The maximum atomic E-state index is 5.76. The Morgan fingerprint density at radius 1 is 1.14 bits per heavy atom. The zero-order chi connectivity index (χ0) is 14.7. The van der Waals surface area contributed by atoms with Gasteiger partial charge in [0.2, 0.25) is 0 Å². The number of nitrogens with zero attached hydrogens (tertiary/aromatic N) is 1. The van der Waals surface area contributed by atoms with E-state index >= 15 is 0 Å². The lowest BCUT2D eigenvalue weighted by Crippen LogP contribution is -1.96. The first-order valence-corrected chi connectivity index (χ1v) is 7.89. The fourth-order valence-electron chi connectivity index (χ4n) is 2.22. The van der Waals surface area contributed by atoms with Gasteiger partial charge in [-0.2, -0.15) is 0 Å². The molecule has 0 N–H and O–H groups in total. The summed E-state index contributed by atoms with van der Waals surface area (Å²) >= 11 is 3.70. The van der Waals surface area contributed by atoms with Crippen LogP contribution in [0.15, 0.2) is 52.9 Å². The predicted octanol–water partition coefficient (Wildman–Crippen LogP) is 4.91. The SMILES string of the molecule is CCOc1ccc(C(Br)Cc2nc3ccccc3o2)cc1. The van der Waals surface area contributed by atoms with Crippen LogP contribution in [-0.4, -0.2) is 11.6 Å². The molecule has 0 aliphatic heterocycles. The summed E-state index contributed by atoms with van der Waals surface area (Å²) in [6, 6.07) is 15.9. The largest absolute Gasteiger partial charge is 0.494 e. The number of hydrogen-bond donors (Lipinski definition) is 0. The van der Waals surface area contributed by atoms with E-state index in [2.05, 4.69) is 33.0 Å². The Bertz CT molecular complexity index is 688. The molecule has 1 atom stereocenters. The average molecular weight is 346 g/mol. The molecule has 0 fully saturated rings. The van der Waals surface area contributed by atoms with Crippen molar-refractivity contribution >= 4 is 27.0 Å². The fraction of sp³-hybridized carbons (Fsp3) is 0.235. The van der Waals surface area contributed by atoms with Gasteiger partial charge in [-0.3, -0.25) is 0 Å². The topological polar surface area (TPSA) is 35.3 Å². The molecule has 3 nitrogen and oxygen atoms in total. The maximum absolute atomic E-state index is 5.76. The number of halogens is 1. The first-order chi connectivity index (χ1) is 10.3. The molecular formula is C17H16BrNO2. The maximum Gasteiger partial charge on any atom is 0.196 e. The molecule has 1 aromatic heterocycles. The van der Waals surface area contributed by atoms with Gasteiger partial charge in [0, 0.05) is 11.2 Å². The van der Waals surface area contributed by atoms with Gasteiger partial charge >= 0.3 is 0 Å². The van der Waals surface area contributed by atoms with Crippen LogP contribution in [0.25, 0.3) is 11.1 Å². The van der Waals surface area contributed by atoms with Crippen molar-refractivity contribution in [2.75, 3.05) is 6.61 Å². The Balaban J connectivity index is 1.74. The van der Waals surface area contributed by atoms with Crippen LogP contribution < -0.4 is 4.74 Å². The molecule has 0 spiro atoms. The van der Waals surface area contributed by atoms with Gasteiger partial charge in [0.1, 0.15) is 11.3 Å².